The van der Waals surface area contributed by atoms with Crippen molar-refractivity contribution in [3.05, 3.63) is 59.7 Å². The number of fused-ring (bicyclic) bond motifs is 4. The van der Waals surface area contributed by atoms with Crippen LogP contribution in [0.15, 0.2) is 48.5 Å². The van der Waals surface area contributed by atoms with E-state index in [0.29, 0.717) is 0 Å². The normalized spacial score (nSPS) is 28.6. The molecule has 5 rings (SSSR count). The third-order valence-corrected chi connectivity index (χ3v) is 6.28. The summed E-state index contributed by atoms with van der Waals surface area (Å²) in [6.45, 7) is 3.14. The lowest BCUT2D eigenvalue weighted by Crippen LogP contribution is -2.52. The van der Waals surface area contributed by atoms with Gasteiger partial charge >= 0.3 is 6.09 Å². The van der Waals surface area contributed by atoms with E-state index in [4.69, 9.17) is 18.9 Å². The summed E-state index contributed by atoms with van der Waals surface area (Å²) >= 11 is 0. The van der Waals surface area contributed by atoms with Crippen LogP contribution in [-0.2, 0) is 18.9 Å². The van der Waals surface area contributed by atoms with Crippen molar-refractivity contribution in [3.63, 3.8) is 0 Å². The second kappa shape index (κ2) is 8.13. The highest BCUT2D eigenvalue weighted by Gasteiger charge is 2.57. The first-order valence-corrected chi connectivity index (χ1v) is 10.8. The van der Waals surface area contributed by atoms with E-state index in [0.717, 1.165) is 22.3 Å². The summed E-state index contributed by atoms with van der Waals surface area (Å²) < 4.78 is 22.9. The number of alkyl carbamates (subject to hydrolysis) is 1. The van der Waals surface area contributed by atoms with Crippen LogP contribution < -0.4 is 5.32 Å². The van der Waals surface area contributed by atoms with Crippen LogP contribution in [0.4, 0.5) is 4.79 Å². The van der Waals surface area contributed by atoms with Crippen LogP contribution in [0.25, 0.3) is 11.1 Å². The summed E-state index contributed by atoms with van der Waals surface area (Å²) in [4.78, 5) is 12.8. The molecule has 170 valence electrons. The van der Waals surface area contributed by atoms with Crippen LogP contribution in [0.5, 0.6) is 0 Å². The number of carbonyl (C=O) groups excluding carboxylic acids is 1. The molecule has 2 aliphatic heterocycles. The Balaban J connectivity index is 1.29. The Morgan fingerprint density at radius 2 is 1.72 bits per heavy atom. The number of ether oxygens (including phenoxy) is 4. The lowest BCUT2D eigenvalue weighted by molar-refractivity contribution is -0.218. The maximum absolute atomic E-state index is 12.8. The fourth-order valence-electron chi connectivity index (χ4n) is 4.91. The number of aliphatic hydroxyl groups is 2. The van der Waals surface area contributed by atoms with E-state index >= 15 is 0 Å². The molecule has 8 nitrogen and oxygen atoms in total. The molecule has 32 heavy (non-hydrogen) atoms. The number of hydrogen-bond donors (Lipinski definition) is 3. The molecular formula is C24H27NO7. The standard InChI is InChI=1S/C24H27NO7/c1-24(2)31-21-19(20(18(27)11-26)30-22(21)32-24)25-23(28)29-12-17-15-9-5-3-7-13(15)14-8-4-6-10-16(14)17/h3-10,17-22,26-27H,11-12H2,1-2H3,(H,25,28)/t18-,19+,20-,21+,22-/m1/s1. The predicted molar refractivity (Wildman–Crippen MR) is 114 cm³/mol. The van der Waals surface area contributed by atoms with Gasteiger partial charge in [-0.2, -0.15) is 0 Å². The van der Waals surface area contributed by atoms with Gasteiger partial charge in [0.2, 0.25) is 0 Å². The van der Waals surface area contributed by atoms with Gasteiger partial charge in [-0.1, -0.05) is 48.5 Å². The SMILES string of the molecule is CC1(C)O[C@H]2O[C@H]([C@H](O)CO)[C@H](NC(=O)OCC3c4ccccc4-c4ccccc43)[C@@H]2O1. The third-order valence-electron chi connectivity index (χ3n) is 6.28. The van der Waals surface area contributed by atoms with E-state index in [1.165, 1.54) is 0 Å². The van der Waals surface area contributed by atoms with Crippen LogP contribution in [0.2, 0.25) is 0 Å². The van der Waals surface area contributed by atoms with Gasteiger partial charge in [0.25, 0.3) is 0 Å². The Kier molecular flexibility index (Phi) is 5.43. The smallest absolute Gasteiger partial charge is 0.407 e. The number of amides is 1. The summed E-state index contributed by atoms with van der Waals surface area (Å²) in [5.41, 5.74) is 4.53. The van der Waals surface area contributed by atoms with Crippen LogP contribution >= 0.6 is 0 Å². The van der Waals surface area contributed by atoms with Crippen molar-refractivity contribution in [1.29, 1.82) is 0 Å². The lowest BCUT2D eigenvalue weighted by atomic mass is 9.98. The van der Waals surface area contributed by atoms with Gasteiger partial charge in [0, 0.05) is 5.92 Å². The number of aliphatic hydroxyl groups excluding tert-OH is 2. The topological polar surface area (TPSA) is 106 Å². The average Bonchev–Trinajstić information content (AvgIpc) is 3.38. The number of benzene rings is 2. The van der Waals surface area contributed by atoms with Gasteiger partial charge in [-0.05, 0) is 36.1 Å². The van der Waals surface area contributed by atoms with Crippen molar-refractivity contribution in [1.82, 2.24) is 5.32 Å². The van der Waals surface area contributed by atoms with Gasteiger partial charge in [0.15, 0.2) is 12.1 Å². The van der Waals surface area contributed by atoms with Crippen molar-refractivity contribution in [2.45, 2.75) is 56.2 Å². The molecule has 2 saturated heterocycles. The van der Waals surface area contributed by atoms with Gasteiger partial charge in [-0.3, -0.25) is 0 Å². The summed E-state index contributed by atoms with van der Waals surface area (Å²) in [5.74, 6) is -0.949. The van der Waals surface area contributed by atoms with E-state index in [9.17, 15) is 15.0 Å². The molecule has 3 aliphatic rings. The summed E-state index contributed by atoms with van der Waals surface area (Å²) in [6.07, 6.45) is -4.11. The molecule has 0 spiro atoms. The fourth-order valence-corrected chi connectivity index (χ4v) is 4.91. The number of hydrogen-bond acceptors (Lipinski definition) is 7. The molecule has 2 aromatic carbocycles. The molecule has 1 amide bonds. The zero-order valence-electron chi connectivity index (χ0n) is 17.9. The maximum atomic E-state index is 12.8. The van der Waals surface area contributed by atoms with Gasteiger partial charge in [-0.15, -0.1) is 0 Å². The Hall–Kier alpha value is -2.49. The van der Waals surface area contributed by atoms with E-state index < -0.39 is 49.1 Å². The van der Waals surface area contributed by atoms with Gasteiger partial charge < -0.3 is 34.5 Å². The molecule has 3 N–H and O–H groups in total. The van der Waals surface area contributed by atoms with E-state index in [-0.39, 0.29) is 12.5 Å². The lowest BCUT2D eigenvalue weighted by Gasteiger charge is -2.28. The van der Waals surface area contributed by atoms with Crippen LogP contribution in [-0.4, -0.2) is 66.0 Å². The van der Waals surface area contributed by atoms with Crippen molar-refractivity contribution >= 4 is 6.09 Å². The van der Waals surface area contributed by atoms with Crippen LogP contribution in [0.1, 0.15) is 30.9 Å². The molecule has 1 aliphatic carbocycles. The maximum Gasteiger partial charge on any atom is 0.407 e. The van der Waals surface area contributed by atoms with E-state index in [1.807, 2.05) is 24.3 Å². The van der Waals surface area contributed by atoms with Gasteiger partial charge in [0.05, 0.1) is 12.6 Å². The van der Waals surface area contributed by atoms with Crippen molar-refractivity contribution < 1.29 is 34.0 Å². The monoisotopic (exact) mass is 441 g/mol. The fraction of sp³-hybridized carbons (Fsp3) is 0.458. The van der Waals surface area contributed by atoms with Crippen LogP contribution in [0.3, 0.4) is 0 Å². The predicted octanol–water partition coefficient (Wildman–Crippen LogP) is 2.12. The number of nitrogens with one attached hydrogen (secondary N) is 1. The Labute approximate surface area is 186 Å². The first-order valence-electron chi connectivity index (χ1n) is 10.8. The first kappa shape index (κ1) is 21.4. The summed E-state index contributed by atoms with van der Waals surface area (Å²) in [6, 6.07) is 15.5. The molecule has 8 heteroatoms. The third kappa shape index (κ3) is 3.68. The minimum Gasteiger partial charge on any atom is -0.449 e. The number of rotatable bonds is 5. The second-order valence-corrected chi connectivity index (χ2v) is 8.81. The molecule has 5 atom stereocenters. The highest BCUT2D eigenvalue weighted by Crippen LogP contribution is 2.44. The molecule has 2 heterocycles. The van der Waals surface area contributed by atoms with Crippen molar-refractivity contribution in [3.8, 4) is 11.1 Å². The first-order chi connectivity index (χ1) is 15.4. The Morgan fingerprint density at radius 1 is 1.09 bits per heavy atom. The molecule has 0 saturated carbocycles. The zero-order chi connectivity index (χ0) is 22.5. The number of carbonyl (C=O) groups is 1. The molecule has 0 aromatic heterocycles. The Morgan fingerprint density at radius 3 is 2.34 bits per heavy atom. The minimum atomic E-state index is -1.20. The van der Waals surface area contributed by atoms with E-state index in [2.05, 4.69) is 29.6 Å². The quantitative estimate of drug-likeness (QED) is 0.653. The molecule has 0 bridgehead atoms. The van der Waals surface area contributed by atoms with Crippen LogP contribution in [0, 0.1) is 0 Å². The second-order valence-electron chi connectivity index (χ2n) is 8.81. The van der Waals surface area contributed by atoms with Crippen molar-refractivity contribution in [2.75, 3.05) is 13.2 Å². The highest BCUT2D eigenvalue weighted by atomic mass is 16.8. The molecule has 2 aromatic rings. The molecular weight excluding hydrogens is 414 g/mol. The van der Waals surface area contributed by atoms with Gasteiger partial charge in [-0.25, -0.2) is 4.79 Å². The van der Waals surface area contributed by atoms with Gasteiger partial charge in [0.1, 0.15) is 24.9 Å². The largest absolute Gasteiger partial charge is 0.449 e. The average molecular weight is 441 g/mol. The van der Waals surface area contributed by atoms with E-state index in [1.54, 1.807) is 13.8 Å². The Bertz CT molecular complexity index is 964. The minimum absolute atomic E-state index is 0.0652. The molecule has 0 unspecified atom stereocenters. The molecule has 0 radical (unpaired) electrons. The summed E-state index contributed by atoms with van der Waals surface area (Å²) in [5, 5.41) is 22.3. The van der Waals surface area contributed by atoms with Crippen molar-refractivity contribution in [2.24, 2.45) is 0 Å². The summed E-state index contributed by atoms with van der Waals surface area (Å²) in [7, 11) is 0. The molecule has 2 fully saturated rings. The highest BCUT2D eigenvalue weighted by molar-refractivity contribution is 5.79. The zero-order valence-corrected chi connectivity index (χ0v) is 17.9.